The highest BCUT2D eigenvalue weighted by Gasteiger charge is 2.16. The molecule has 0 spiro atoms. The van der Waals surface area contributed by atoms with E-state index >= 15 is 0 Å². The Balaban J connectivity index is 1.49. The lowest BCUT2D eigenvalue weighted by molar-refractivity contribution is -0.113. The highest BCUT2D eigenvalue weighted by molar-refractivity contribution is 7.99. The van der Waals surface area contributed by atoms with Crippen molar-refractivity contribution in [2.24, 2.45) is 0 Å². The Bertz CT molecular complexity index is 1250. The van der Waals surface area contributed by atoms with E-state index in [9.17, 15) is 10.1 Å². The van der Waals surface area contributed by atoms with Crippen LogP contribution in [0.25, 0.3) is 16.9 Å². The average molecular weight is 427 g/mol. The quantitative estimate of drug-likeness (QED) is 0.366. The molecule has 0 aliphatic carbocycles. The van der Waals surface area contributed by atoms with E-state index in [0.717, 1.165) is 16.9 Å². The summed E-state index contributed by atoms with van der Waals surface area (Å²) < 4.78 is 1.55. The van der Waals surface area contributed by atoms with Crippen molar-refractivity contribution in [3.63, 3.8) is 0 Å². The van der Waals surface area contributed by atoms with Gasteiger partial charge in [-0.3, -0.25) is 4.79 Å². The predicted molar refractivity (Wildman–Crippen MR) is 120 cm³/mol. The molecule has 0 atom stereocenters. The van der Waals surface area contributed by atoms with Gasteiger partial charge in [0, 0.05) is 5.56 Å². The molecular formula is C23H18N6OS. The first kappa shape index (κ1) is 20.3. The van der Waals surface area contributed by atoms with E-state index in [1.54, 1.807) is 4.68 Å². The van der Waals surface area contributed by atoms with Crippen LogP contribution in [-0.2, 0) is 4.79 Å². The van der Waals surface area contributed by atoms with E-state index in [1.165, 1.54) is 18.0 Å². The number of amides is 1. The molecule has 31 heavy (non-hydrogen) atoms. The number of thioether (sulfide) groups is 1. The first-order valence-electron chi connectivity index (χ1n) is 9.51. The summed E-state index contributed by atoms with van der Waals surface area (Å²) in [5, 5.41) is 17.2. The lowest BCUT2D eigenvalue weighted by atomic mass is 10.1. The Labute approximate surface area is 183 Å². The maximum absolute atomic E-state index is 12.6. The molecule has 8 heteroatoms. The summed E-state index contributed by atoms with van der Waals surface area (Å²) in [6.07, 6.45) is 1.44. The number of para-hydroxylation sites is 1. The maximum atomic E-state index is 12.6. The number of anilines is 1. The molecule has 0 aliphatic heterocycles. The third kappa shape index (κ3) is 4.79. The fourth-order valence-corrected chi connectivity index (χ4v) is 3.74. The second-order valence-electron chi connectivity index (χ2n) is 6.61. The molecule has 0 bridgehead atoms. The third-order valence-corrected chi connectivity index (χ3v) is 5.29. The fraction of sp³-hybridized carbons (Fsp3) is 0.0870. The minimum absolute atomic E-state index is 0.134. The number of carbonyl (C=O) groups excluding carboxylic acids is 1. The summed E-state index contributed by atoms with van der Waals surface area (Å²) in [5.41, 5.74) is 2.85. The van der Waals surface area contributed by atoms with E-state index in [2.05, 4.69) is 26.5 Å². The molecule has 2 aromatic carbocycles. The minimum Gasteiger partial charge on any atom is -0.309 e. The predicted octanol–water partition coefficient (Wildman–Crippen LogP) is 4.24. The molecule has 2 aromatic heterocycles. The topological polar surface area (TPSA) is 96.5 Å². The summed E-state index contributed by atoms with van der Waals surface area (Å²) in [4.78, 5) is 21.6. The van der Waals surface area contributed by atoms with Gasteiger partial charge >= 0.3 is 0 Å². The zero-order valence-corrected chi connectivity index (χ0v) is 17.5. The number of rotatable bonds is 6. The van der Waals surface area contributed by atoms with E-state index in [1.807, 2.05) is 73.7 Å². The van der Waals surface area contributed by atoms with Gasteiger partial charge in [-0.2, -0.15) is 10.4 Å². The maximum Gasteiger partial charge on any atom is 0.235 e. The van der Waals surface area contributed by atoms with Crippen molar-refractivity contribution in [2.45, 2.75) is 11.9 Å². The molecule has 2 heterocycles. The van der Waals surface area contributed by atoms with Gasteiger partial charge in [0.15, 0.2) is 5.82 Å². The highest BCUT2D eigenvalue weighted by atomic mass is 32.2. The molecule has 7 nitrogen and oxygen atoms in total. The lowest BCUT2D eigenvalue weighted by Crippen LogP contribution is -2.18. The van der Waals surface area contributed by atoms with Crippen molar-refractivity contribution in [2.75, 3.05) is 11.1 Å². The van der Waals surface area contributed by atoms with Crippen LogP contribution in [0, 0.1) is 18.3 Å². The second kappa shape index (κ2) is 9.24. The largest absolute Gasteiger partial charge is 0.309 e. The normalized spacial score (nSPS) is 10.5. The smallest absolute Gasteiger partial charge is 0.235 e. The Hall–Kier alpha value is -3.96. The van der Waals surface area contributed by atoms with Crippen molar-refractivity contribution < 1.29 is 4.79 Å². The molecule has 1 amide bonds. The van der Waals surface area contributed by atoms with E-state index in [4.69, 9.17) is 0 Å². The Kier molecular flexibility index (Phi) is 6.05. The monoisotopic (exact) mass is 426 g/mol. The van der Waals surface area contributed by atoms with Gasteiger partial charge in [0.05, 0.1) is 23.3 Å². The van der Waals surface area contributed by atoms with Gasteiger partial charge in [0.25, 0.3) is 0 Å². The third-order valence-electron chi connectivity index (χ3n) is 4.38. The van der Waals surface area contributed by atoms with Gasteiger partial charge in [-0.05, 0) is 25.1 Å². The summed E-state index contributed by atoms with van der Waals surface area (Å²) in [6.45, 7) is 1.83. The molecule has 0 saturated carbocycles. The van der Waals surface area contributed by atoms with Crippen molar-refractivity contribution in [1.29, 1.82) is 5.26 Å². The van der Waals surface area contributed by atoms with Crippen LogP contribution in [0.1, 0.15) is 11.4 Å². The standard InChI is InChI=1S/C23H18N6OS/c1-16-26-20(17-8-4-2-5-9-17)12-22(27-16)31-15-21(30)28-23-18(13-24)14-25-29(23)19-10-6-3-7-11-19/h2-12,14H,15H2,1H3,(H,28,30). The lowest BCUT2D eigenvalue weighted by Gasteiger charge is -2.10. The van der Waals surface area contributed by atoms with Gasteiger partial charge in [-0.25, -0.2) is 14.6 Å². The van der Waals surface area contributed by atoms with Gasteiger partial charge < -0.3 is 5.32 Å². The molecule has 4 rings (SSSR count). The second-order valence-corrected chi connectivity index (χ2v) is 7.60. The summed E-state index contributed by atoms with van der Waals surface area (Å²) in [5.74, 6) is 0.869. The van der Waals surface area contributed by atoms with E-state index in [0.29, 0.717) is 22.2 Å². The van der Waals surface area contributed by atoms with Crippen molar-refractivity contribution in [1.82, 2.24) is 19.7 Å². The van der Waals surface area contributed by atoms with Crippen molar-refractivity contribution in [3.8, 4) is 23.0 Å². The summed E-state index contributed by atoms with van der Waals surface area (Å²) >= 11 is 1.31. The summed E-state index contributed by atoms with van der Waals surface area (Å²) in [6, 6.07) is 23.1. The zero-order chi connectivity index (χ0) is 21.6. The number of nitrogens with zero attached hydrogens (tertiary/aromatic N) is 5. The van der Waals surface area contributed by atoms with Gasteiger partial charge in [-0.1, -0.05) is 60.3 Å². The van der Waals surface area contributed by atoms with E-state index < -0.39 is 0 Å². The van der Waals surface area contributed by atoms with Crippen LogP contribution in [0.4, 0.5) is 5.82 Å². The van der Waals surface area contributed by atoms with Crippen LogP contribution in [0.3, 0.4) is 0 Å². The Morgan fingerprint density at radius 2 is 1.81 bits per heavy atom. The van der Waals surface area contributed by atoms with Gasteiger partial charge in [-0.15, -0.1) is 0 Å². The fourth-order valence-electron chi connectivity index (χ4n) is 2.99. The Morgan fingerprint density at radius 1 is 1.10 bits per heavy atom. The minimum atomic E-state index is -0.253. The van der Waals surface area contributed by atoms with Crippen LogP contribution in [0.2, 0.25) is 0 Å². The zero-order valence-electron chi connectivity index (χ0n) is 16.7. The number of benzene rings is 2. The van der Waals surface area contributed by atoms with Crippen LogP contribution in [-0.4, -0.2) is 31.4 Å². The Morgan fingerprint density at radius 3 is 2.52 bits per heavy atom. The number of aryl methyl sites for hydroxylation is 1. The number of hydrogen-bond donors (Lipinski definition) is 1. The van der Waals surface area contributed by atoms with Crippen LogP contribution >= 0.6 is 11.8 Å². The molecule has 0 radical (unpaired) electrons. The molecule has 0 fully saturated rings. The highest BCUT2D eigenvalue weighted by Crippen LogP contribution is 2.24. The van der Waals surface area contributed by atoms with Crippen molar-refractivity contribution >= 4 is 23.5 Å². The number of nitriles is 1. The summed E-state index contributed by atoms with van der Waals surface area (Å²) in [7, 11) is 0. The van der Waals surface area contributed by atoms with Crippen molar-refractivity contribution in [3.05, 3.63) is 84.3 Å². The number of aromatic nitrogens is 4. The molecule has 4 aromatic rings. The van der Waals surface area contributed by atoms with Gasteiger partial charge in [0.1, 0.15) is 22.5 Å². The average Bonchev–Trinajstić information content (AvgIpc) is 3.21. The number of carbonyl (C=O) groups is 1. The first-order chi connectivity index (χ1) is 15.1. The molecule has 0 aliphatic rings. The first-order valence-corrected chi connectivity index (χ1v) is 10.5. The van der Waals surface area contributed by atoms with E-state index in [-0.39, 0.29) is 11.7 Å². The van der Waals surface area contributed by atoms with Crippen LogP contribution < -0.4 is 5.32 Å². The number of nitrogens with one attached hydrogen (secondary N) is 1. The molecule has 152 valence electrons. The molecule has 0 unspecified atom stereocenters. The van der Waals surface area contributed by atoms with Crippen LogP contribution in [0.5, 0.6) is 0 Å². The van der Waals surface area contributed by atoms with Gasteiger partial charge in [0.2, 0.25) is 5.91 Å². The number of hydrogen-bond acceptors (Lipinski definition) is 6. The van der Waals surface area contributed by atoms with Crippen LogP contribution in [0.15, 0.2) is 78.0 Å². The molecule has 1 N–H and O–H groups in total. The SMILES string of the molecule is Cc1nc(SCC(=O)Nc2c(C#N)cnn2-c2ccccc2)cc(-c2ccccc2)n1. The molecular weight excluding hydrogens is 408 g/mol. The molecule has 0 saturated heterocycles.